The number of ether oxygens (including phenoxy) is 3. The number of alkyl halides is 3. The lowest BCUT2D eigenvalue weighted by molar-refractivity contribution is -0.137. The monoisotopic (exact) mass is 487 g/mol. The third kappa shape index (κ3) is 5.40. The molecule has 0 aromatic heterocycles. The number of rotatable bonds is 6. The molecule has 174 valence electrons. The van der Waals surface area contributed by atoms with Gasteiger partial charge in [-0.15, -0.1) is 0 Å². The summed E-state index contributed by atoms with van der Waals surface area (Å²) in [5.41, 5.74) is 0.985. The van der Waals surface area contributed by atoms with Crippen LogP contribution in [0.5, 0.6) is 11.5 Å². The van der Waals surface area contributed by atoms with E-state index in [1.165, 1.54) is 25.3 Å². The lowest BCUT2D eigenvalue weighted by atomic mass is 10.1. The van der Waals surface area contributed by atoms with Crippen LogP contribution in [0.4, 0.5) is 13.2 Å². The van der Waals surface area contributed by atoms with Crippen molar-refractivity contribution in [2.45, 2.75) is 12.8 Å². The molecule has 0 saturated heterocycles. The molecule has 3 aromatic rings. The Bertz CT molecular complexity index is 1270. The first-order valence-corrected chi connectivity index (χ1v) is 10.4. The Morgan fingerprint density at radius 3 is 2.35 bits per heavy atom. The van der Waals surface area contributed by atoms with E-state index in [0.717, 1.165) is 17.7 Å². The standard InChI is InChI=1S/C25H17ClF3NO4/c1-32-22-13-16(4-11-21(22)33-14-15-2-9-19(26)10-3-15)12-20-24(31)34-23(30-20)17-5-7-18(8-6-17)25(27,28)29/h2-13H,14H2,1H3/b20-12-. The Morgan fingerprint density at radius 1 is 1.00 bits per heavy atom. The van der Waals surface area contributed by atoms with E-state index in [1.807, 2.05) is 12.1 Å². The molecule has 0 atom stereocenters. The van der Waals surface area contributed by atoms with Crippen LogP contribution in [0.15, 0.2) is 77.4 Å². The maximum absolute atomic E-state index is 12.8. The first-order chi connectivity index (χ1) is 16.2. The fourth-order valence-corrected chi connectivity index (χ4v) is 3.25. The minimum absolute atomic E-state index is 0.00628. The SMILES string of the molecule is COc1cc(/C=C2\N=C(c3ccc(C(F)(F)F)cc3)OC2=O)ccc1OCc1ccc(Cl)cc1. The number of cyclic esters (lactones) is 1. The summed E-state index contributed by atoms with van der Waals surface area (Å²) in [4.78, 5) is 16.4. The van der Waals surface area contributed by atoms with E-state index in [4.69, 9.17) is 25.8 Å². The molecule has 0 spiro atoms. The quantitative estimate of drug-likeness (QED) is 0.303. The topological polar surface area (TPSA) is 57.1 Å². The second-order valence-electron chi connectivity index (χ2n) is 7.24. The van der Waals surface area contributed by atoms with E-state index in [-0.39, 0.29) is 17.2 Å². The minimum atomic E-state index is -4.46. The van der Waals surface area contributed by atoms with Crippen LogP contribution in [0.3, 0.4) is 0 Å². The van der Waals surface area contributed by atoms with Crippen LogP contribution in [-0.2, 0) is 22.3 Å². The summed E-state index contributed by atoms with van der Waals surface area (Å²) in [6.45, 7) is 0.307. The first-order valence-electron chi connectivity index (χ1n) is 9.98. The molecule has 0 saturated carbocycles. The van der Waals surface area contributed by atoms with Crippen molar-refractivity contribution in [2.75, 3.05) is 7.11 Å². The van der Waals surface area contributed by atoms with Crippen LogP contribution < -0.4 is 9.47 Å². The average molecular weight is 488 g/mol. The molecule has 9 heteroatoms. The van der Waals surface area contributed by atoms with Gasteiger partial charge in [-0.25, -0.2) is 9.79 Å². The van der Waals surface area contributed by atoms with Gasteiger partial charge >= 0.3 is 12.1 Å². The Morgan fingerprint density at radius 2 is 1.71 bits per heavy atom. The molecule has 0 aliphatic carbocycles. The van der Waals surface area contributed by atoms with Crippen LogP contribution in [0.25, 0.3) is 6.08 Å². The highest BCUT2D eigenvalue weighted by Crippen LogP contribution is 2.32. The summed E-state index contributed by atoms with van der Waals surface area (Å²) in [5, 5.41) is 0.633. The van der Waals surface area contributed by atoms with Gasteiger partial charge in [-0.1, -0.05) is 29.8 Å². The molecule has 0 amide bonds. The molecule has 3 aromatic carbocycles. The zero-order valence-corrected chi connectivity index (χ0v) is 18.5. The van der Waals surface area contributed by atoms with Crippen molar-refractivity contribution in [3.63, 3.8) is 0 Å². The number of esters is 1. The van der Waals surface area contributed by atoms with Crippen molar-refractivity contribution in [2.24, 2.45) is 4.99 Å². The van der Waals surface area contributed by atoms with Crippen molar-refractivity contribution in [1.82, 2.24) is 0 Å². The summed E-state index contributed by atoms with van der Waals surface area (Å²) >= 11 is 5.89. The second-order valence-corrected chi connectivity index (χ2v) is 7.67. The molecule has 0 bridgehead atoms. The Labute approximate surface area is 198 Å². The van der Waals surface area contributed by atoms with Gasteiger partial charge in [0.25, 0.3) is 0 Å². The molecular formula is C25H17ClF3NO4. The number of hydrogen-bond donors (Lipinski definition) is 0. The Balaban J connectivity index is 1.51. The zero-order valence-electron chi connectivity index (χ0n) is 17.7. The predicted octanol–water partition coefficient (Wildman–Crippen LogP) is 6.29. The average Bonchev–Trinajstić information content (AvgIpc) is 3.18. The largest absolute Gasteiger partial charge is 0.493 e. The van der Waals surface area contributed by atoms with Crippen molar-refractivity contribution in [3.05, 3.63) is 99.7 Å². The number of hydrogen-bond acceptors (Lipinski definition) is 5. The summed E-state index contributed by atoms with van der Waals surface area (Å²) in [6.07, 6.45) is -2.97. The molecule has 0 radical (unpaired) electrons. The molecule has 0 fully saturated rings. The molecule has 0 N–H and O–H groups in total. The van der Waals surface area contributed by atoms with Gasteiger partial charge in [0.15, 0.2) is 17.2 Å². The number of benzene rings is 3. The minimum Gasteiger partial charge on any atom is -0.493 e. The van der Waals surface area contributed by atoms with E-state index < -0.39 is 17.7 Å². The van der Waals surface area contributed by atoms with Crippen molar-refractivity contribution < 1.29 is 32.2 Å². The van der Waals surface area contributed by atoms with E-state index in [2.05, 4.69) is 4.99 Å². The van der Waals surface area contributed by atoms with Gasteiger partial charge in [0.1, 0.15) is 6.61 Å². The summed E-state index contributed by atoms with van der Waals surface area (Å²) in [7, 11) is 1.49. The highest BCUT2D eigenvalue weighted by molar-refractivity contribution is 6.30. The molecule has 1 aliphatic heterocycles. The van der Waals surface area contributed by atoms with Gasteiger partial charge in [0, 0.05) is 10.6 Å². The van der Waals surface area contributed by atoms with Gasteiger partial charge in [-0.3, -0.25) is 0 Å². The Hall–Kier alpha value is -3.78. The van der Waals surface area contributed by atoms with Gasteiger partial charge < -0.3 is 14.2 Å². The highest BCUT2D eigenvalue weighted by Gasteiger charge is 2.31. The number of nitrogens with zero attached hydrogens (tertiary/aromatic N) is 1. The molecular weight excluding hydrogens is 471 g/mol. The lowest BCUT2D eigenvalue weighted by Gasteiger charge is -2.11. The zero-order chi connectivity index (χ0) is 24.3. The van der Waals surface area contributed by atoms with E-state index >= 15 is 0 Å². The summed E-state index contributed by atoms with van der Waals surface area (Å²) in [5.74, 6) is 0.168. The molecule has 34 heavy (non-hydrogen) atoms. The third-order valence-electron chi connectivity index (χ3n) is 4.88. The molecule has 0 unspecified atom stereocenters. The molecule has 4 rings (SSSR count). The number of methoxy groups -OCH3 is 1. The first kappa shape index (κ1) is 23.4. The fourth-order valence-electron chi connectivity index (χ4n) is 3.13. The van der Waals surface area contributed by atoms with E-state index in [1.54, 1.807) is 30.3 Å². The highest BCUT2D eigenvalue weighted by atomic mass is 35.5. The van der Waals surface area contributed by atoms with Gasteiger partial charge in [-0.2, -0.15) is 13.2 Å². The predicted molar refractivity (Wildman–Crippen MR) is 121 cm³/mol. The van der Waals surface area contributed by atoms with E-state index in [9.17, 15) is 18.0 Å². The number of aliphatic imine (C=N–C) groups is 1. The summed E-state index contributed by atoms with van der Waals surface area (Å²) < 4.78 is 54.6. The second kappa shape index (κ2) is 9.61. The van der Waals surface area contributed by atoms with Gasteiger partial charge in [-0.05, 0) is 65.7 Å². The van der Waals surface area contributed by atoms with Crippen molar-refractivity contribution in [1.29, 1.82) is 0 Å². The Kier molecular flexibility index (Phi) is 6.61. The van der Waals surface area contributed by atoms with Crippen molar-refractivity contribution >= 4 is 29.5 Å². The van der Waals surface area contributed by atoms with Crippen LogP contribution in [-0.4, -0.2) is 19.0 Å². The number of carbonyl (C=O) groups excluding carboxylic acids is 1. The maximum Gasteiger partial charge on any atom is 0.416 e. The summed E-state index contributed by atoms with van der Waals surface area (Å²) in [6, 6.07) is 16.5. The third-order valence-corrected chi connectivity index (χ3v) is 5.13. The lowest BCUT2D eigenvalue weighted by Crippen LogP contribution is -2.08. The smallest absolute Gasteiger partial charge is 0.416 e. The van der Waals surface area contributed by atoms with Gasteiger partial charge in [0.2, 0.25) is 5.90 Å². The van der Waals surface area contributed by atoms with Crippen molar-refractivity contribution in [3.8, 4) is 11.5 Å². The fraction of sp³-hybridized carbons (Fsp3) is 0.120. The normalized spacial score (nSPS) is 14.7. The number of halogens is 4. The van der Waals surface area contributed by atoms with Crippen LogP contribution in [0.1, 0.15) is 22.3 Å². The van der Waals surface area contributed by atoms with E-state index in [0.29, 0.717) is 28.7 Å². The maximum atomic E-state index is 12.8. The van der Waals surface area contributed by atoms with Crippen LogP contribution in [0.2, 0.25) is 5.02 Å². The number of carbonyl (C=O) groups is 1. The molecule has 1 aliphatic rings. The molecule has 5 nitrogen and oxygen atoms in total. The molecule has 1 heterocycles. The van der Waals surface area contributed by atoms with Gasteiger partial charge in [0.05, 0.1) is 12.7 Å². The van der Waals surface area contributed by atoms with Crippen LogP contribution in [0, 0.1) is 0 Å². The van der Waals surface area contributed by atoms with Crippen LogP contribution >= 0.6 is 11.6 Å².